The van der Waals surface area contributed by atoms with E-state index >= 15 is 0 Å². The van der Waals surface area contributed by atoms with Crippen molar-refractivity contribution in [1.82, 2.24) is 10.2 Å². The first-order chi connectivity index (χ1) is 9.60. The molecule has 0 saturated heterocycles. The maximum Gasteiger partial charge on any atom is 0.336 e. The van der Waals surface area contributed by atoms with Gasteiger partial charge in [-0.1, -0.05) is 26.0 Å². The van der Waals surface area contributed by atoms with E-state index in [4.69, 9.17) is 5.11 Å². The summed E-state index contributed by atoms with van der Waals surface area (Å²) in [4.78, 5) is 25.3. The van der Waals surface area contributed by atoms with Crippen molar-refractivity contribution in [3.63, 3.8) is 0 Å². The normalized spacial score (nSPS) is 10.6. The van der Waals surface area contributed by atoms with E-state index in [2.05, 4.69) is 24.1 Å². The van der Waals surface area contributed by atoms with Gasteiger partial charge >= 0.3 is 5.97 Å². The summed E-state index contributed by atoms with van der Waals surface area (Å²) in [7, 11) is 0. The monoisotopic (exact) mass is 278 g/mol. The van der Waals surface area contributed by atoms with Gasteiger partial charge in [0.2, 0.25) is 0 Å². The Labute approximate surface area is 119 Å². The molecule has 0 heterocycles. The molecule has 5 heteroatoms. The Balaban J connectivity index is 2.50. The van der Waals surface area contributed by atoms with E-state index in [-0.39, 0.29) is 17.0 Å². The smallest absolute Gasteiger partial charge is 0.336 e. The molecular weight excluding hydrogens is 256 g/mol. The minimum atomic E-state index is -1.08. The summed E-state index contributed by atoms with van der Waals surface area (Å²) in [5.74, 6) is -1.42. The Bertz CT molecular complexity index is 456. The molecule has 0 aromatic heterocycles. The molecule has 0 saturated carbocycles. The molecule has 0 aliphatic heterocycles. The van der Waals surface area contributed by atoms with Crippen molar-refractivity contribution in [3.8, 4) is 0 Å². The van der Waals surface area contributed by atoms with E-state index in [9.17, 15) is 9.59 Å². The second kappa shape index (κ2) is 8.32. The third-order valence-corrected chi connectivity index (χ3v) is 3.23. The first-order valence-electron chi connectivity index (χ1n) is 6.93. The minimum absolute atomic E-state index is 0.0359. The maximum absolute atomic E-state index is 12.0. The molecule has 0 atom stereocenters. The van der Waals surface area contributed by atoms with Crippen LogP contribution in [-0.2, 0) is 0 Å². The molecule has 0 fully saturated rings. The number of carboxylic acid groups (broad SMARTS) is 1. The lowest BCUT2D eigenvalue weighted by Crippen LogP contribution is -2.30. The highest BCUT2D eigenvalue weighted by molar-refractivity contribution is 6.04. The molecule has 1 amide bonds. The van der Waals surface area contributed by atoms with E-state index < -0.39 is 5.97 Å². The molecule has 1 aromatic rings. The number of hydrogen-bond donors (Lipinski definition) is 2. The number of amides is 1. The van der Waals surface area contributed by atoms with Crippen LogP contribution in [-0.4, -0.2) is 48.1 Å². The SMILES string of the molecule is CCN(CC)CCCNC(=O)c1ccccc1C(=O)O. The van der Waals surface area contributed by atoms with Crippen molar-refractivity contribution < 1.29 is 14.7 Å². The lowest BCUT2D eigenvalue weighted by atomic mass is 10.1. The fourth-order valence-electron chi connectivity index (χ4n) is 2.01. The van der Waals surface area contributed by atoms with Crippen LogP contribution >= 0.6 is 0 Å². The van der Waals surface area contributed by atoms with E-state index in [0.29, 0.717) is 6.54 Å². The molecule has 1 aromatic carbocycles. The molecule has 1 rings (SSSR count). The number of carbonyl (C=O) groups excluding carboxylic acids is 1. The van der Waals surface area contributed by atoms with Gasteiger partial charge in [-0.2, -0.15) is 0 Å². The van der Waals surface area contributed by atoms with Crippen LogP contribution in [0.1, 0.15) is 41.0 Å². The van der Waals surface area contributed by atoms with Crippen LogP contribution in [0.3, 0.4) is 0 Å². The first-order valence-corrected chi connectivity index (χ1v) is 6.93. The highest BCUT2D eigenvalue weighted by Gasteiger charge is 2.14. The quantitative estimate of drug-likeness (QED) is 0.712. The average Bonchev–Trinajstić information content (AvgIpc) is 2.47. The molecule has 0 aliphatic rings. The van der Waals surface area contributed by atoms with Crippen molar-refractivity contribution in [2.24, 2.45) is 0 Å². The summed E-state index contributed by atoms with van der Waals surface area (Å²) in [6.07, 6.45) is 0.850. The van der Waals surface area contributed by atoms with Crippen molar-refractivity contribution >= 4 is 11.9 Å². The number of carbonyl (C=O) groups is 2. The molecule has 0 unspecified atom stereocenters. The first kappa shape index (κ1) is 16.2. The Morgan fingerprint density at radius 1 is 1.15 bits per heavy atom. The van der Waals surface area contributed by atoms with Crippen LogP contribution in [0.25, 0.3) is 0 Å². The third kappa shape index (κ3) is 4.66. The molecule has 110 valence electrons. The number of benzene rings is 1. The maximum atomic E-state index is 12.0. The summed E-state index contributed by atoms with van der Waals surface area (Å²) in [5, 5.41) is 11.8. The zero-order valence-corrected chi connectivity index (χ0v) is 12.1. The standard InChI is InChI=1S/C15H22N2O3/c1-3-17(4-2)11-7-10-16-14(18)12-8-5-6-9-13(12)15(19)20/h5-6,8-9H,3-4,7,10-11H2,1-2H3,(H,16,18)(H,19,20). The van der Waals surface area contributed by atoms with Gasteiger partial charge in [-0.15, -0.1) is 0 Å². The lowest BCUT2D eigenvalue weighted by Gasteiger charge is -2.17. The molecule has 0 aliphatic carbocycles. The van der Waals surface area contributed by atoms with Crippen molar-refractivity contribution in [1.29, 1.82) is 0 Å². The van der Waals surface area contributed by atoms with Gasteiger partial charge in [0.05, 0.1) is 11.1 Å². The summed E-state index contributed by atoms with van der Waals surface area (Å²) in [6, 6.07) is 6.24. The predicted octanol–water partition coefficient (Wildman–Crippen LogP) is 1.85. The minimum Gasteiger partial charge on any atom is -0.478 e. The second-order valence-electron chi connectivity index (χ2n) is 4.49. The van der Waals surface area contributed by atoms with Gasteiger partial charge in [0.1, 0.15) is 0 Å². The zero-order chi connectivity index (χ0) is 15.0. The average molecular weight is 278 g/mol. The van der Waals surface area contributed by atoms with E-state index in [1.807, 2.05) is 0 Å². The number of nitrogens with zero attached hydrogens (tertiary/aromatic N) is 1. The highest BCUT2D eigenvalue weighted by atomic mass is 16.4. The van der Waals surface area contributed by atoms with Crippen LogP contribution in [0.5, 0.6) is 0 Å². The third-order valence-electron chi connectivity index (χ3n) is 3.23. The van der Waals surface area contributed by atoms with Crippen LogP contribution < -0.4 is 5.32 Å². The summed E-state index contributed by atoms with van der Waals surface area (Å²) >= 11 is 0. The van der Waals surface area contributed by atoms with Gasteiger partial charge in [-0.3, -0.25) is 4.79 Å². The topological polar surface area (TPSA) is 69.6 Å². The second-order valence-corrected chi connectivity index (χ2v) is 4.49. The Hall–Kier alpha value is -1.88. The number of aromatic carboxylic acids is 1. The Kier molecular flexibility index (Phi) is 6.73. The Morgan fingerprint density at radius 2 is 1.75 bits per heavy atom. The van der Waals surface area contributed by atoms with Crippen LogP contribution in [0.15, 0.2) is 24.3 Å². The van der Waals surface area contributed by atoms with Gasteiger partial charge in [-0.05, 0) is 38.2 Å². The number of hydrogen-bond acceptors (Lipinski definition) is 3. The van der Waals surface area contributed by atoms with Gasteiger partial charge < -0.3 is 15.3 Å². The fourth-order valence-corrected chi connectivity index (χ4v) is 2.01. The van der Waals surface area contributed by atoms with Crippen molar-refractivity contribution in [2.45, 2.75) is 20.3 Å². The lowest BCUT2D eigenvalue weighted by molar-refractivity contribution is 0.0691. The van der Waals surface area contributed by atoms with Gasteiger partial charge in [-0.25, -0.2) is 4.79 Å². The number of rotatable bonds is 8. The molecule has 2 N–H and O–H groups in total. The van der Waals surface area contributed by atoms with E-state index in [1.165, 1.54) is 12.1 Å². The van der Waals surface area contributed by atoms with Crippen molar-refractivity contribution in [2.75, 3.05) is 26.2 Å². The summed E-state index contributed by atoms with van der Waals surface area (Å²) < 4.78 is 0. The molecule has 0 radical (unpaired) electrons. The van der Waals surface area contributed by atoms with Crippen LogP contribution in [0, 0.1) is 0 Å². The van der Waals surface area contributed by atoms with Crippen LogP contribution in [0.2, 0.25) is 0 Å². The molecule has 5 nitrogen and oxygen atoms in total. The van der Waals surface area contributed by atoms with E-state index in [1.54, 1.807) is 12.1 Å². The van der Waals surface area contributed by atoms with Crippen LogP contribution in [0.4, 0.5) is 0 Å². The molecule has 20 heavy (non-hydrogen) atoms. The molecule has 0 bridgehead atoms. The van der Waals surface area contributed by atoms with Crippen molar-refractivity contribution in [3.05, 3.63) is 35.4 Å². The van der Waals surface area contributed by atoms with E-state index in [0.717, 1.165) is 26.1 Å². The largest absolute Gasteiger partial charge is 0.478 e. The summed E-state index contributed by atoms with van der Waals surface area (Å²) in [6.45, 7) is 7.66. The molecular formula is C15H22N2O3. The predicted molar refractivity (Wildman–Crippen MR) is 78.1 cm³/mol. The zero-order valence-electron chi connectivity index (χ0n) is 12.1. The highest BCUT2D eigenvalue weighted by Crippen LogP contribution is 2.08. The van der Waals surface area contributed by atoms with Gasteiger partial charge in [0.15, 0.2) is 0 Å². The number of nitrogens with one attached hydrogen (secondary N) is 1. The van der Waals surface area contributed by atoms with Gasteiger partial charge in [0.25, 0.3) is 5.91 Å². The fraction of sp³-hybridized carbons (Fsp3) is 0.467. The molecule has 0 spiro atoms. The van der Waals surface area contributed by atoms with Gasteiger partial charge in [0, 0.05) is 6.54 Å². The number of carboxylic acids is 1. The summed E-state index contributed by atoms with van der Waals surface area (Å²) in [5.41, 5.74) is 0.247. The Morgan fingerprint density at radius 3 is 2.30 bits per heavy atom.